The van der Waals surface area contributed by atoms with Gasteiger partial charge in [0.05, 0.1) is 50.7 Å². The predicted molar refractivity (Wildman–Crippen MR) is 138 cm³/mol. The molecule has 0 saturated heterocycles. The number of aromatic nitrogens is 2. The van der Waals surface area contributed by atoms with Crippen LogP contribution in [0.3, 0.4) is 0 Å². The minimum atomic E-state index is -0.926. The van der Waals surface area contributed by atoms with Gasteiger partial charge in [-0.3, -0.25) is 13.9 Å². The average Bonchev–Trinajstić information content (AvgIpc) is 2.93. The number of fused-ring (bicyclic) bond motifs is 1. The molecule has 37 heavy (non-hydrogen) atoms. The van der Waals surface area contributed by atoms with Crippen molar-refractivity contribution in [3.8, 4) is 17.2 Å². The molecular weight excluding hydrogens is 478 g/mol. The summed E-state index contributed by atoms with van der Waals surface area (Å²) in [5.41, 5.74) is 0.997. The molecule has 2 heterocycles. The van der Waals surface area contributed by atoms with E-state index in [0.29, 0.717) is 34.1 Å². The first-order valence-corrected chi connectivity index (χ1v) is 11.6. The zero-order chi connectivity index (χ0) is 26.9. The summed E-state index contributed by atoms with van der Waals surface area (Å²) in [6, 6.07) is 12.6. The molecule has 4 rings (SSSR count). The molecule has 3 aromatic rings. The van der Waals surface area contributed by atoms with Crippen LogP contribution >= 0.6 is 0 Å². The highest BCUT2D eigenvalue weighted by Gasteiger charge is 2.39. The number of nitrogens with one attached hydrogen (secondary N) is 1. The van der Waals surface area contributed by atoms with E-state index in [1.54, 1.807) is 26.1 Å². The minimum absolute atomic E-state index is 0.129. The lowest BCUT2D eigenvalue weighted by Gasteiger charge is -2.32. The molecule has 2 aromatic carbocycles. The Bertz CT molecular complexity index is 1480. The topological polar surface area (TPSA) is 110 Å². The Morgan fingerprint density at radius 3 is 2.11 bits per heavy atom. The highest BCUT2D eigenvalue weighted by atomic mass is 16.5. The number of carbonyl (C=O) groups is 1. The number of nitrogens with zero attached hydrogens (tertiary/aromatic N) is 2. The molecule has 194 valence electrons. The molecule has 0 saturated carbocycles. The van der Waals surface area contributed by atoms with Crippen LogP contribution in [0.4, 0.5) is 5.82 Å². The van der Waals surface area contributed by atoms with Gasteiger partial charge in [0, 0.05) is 14.1 Å². The van der Waals surface area contributed by atoms with E-state index >= 15 is 0 Å². The molecule has 0 aliphatic carbocycles. The zero-order valence-corrected chi connectivity index (χ0v) is 21.6. The number of hydrogen-bond acceptors (Lipinski definition) is 8. The summed E-state index contributed by atoms with van der Waals surface area (Å²) in [6.07, 6.45) is 0. The Balaban J connectivity index is 2.18. The van der Waals surface area contributed by atoms with E-state index in [-0.39, 0.29) is 23.6 Å². The van der Waals surface area contributed by atoms with Gasteiger partial charge in [0.15, 0.2) is 11.5 Å². The quantitative estimate of drug-likeness (QED) is 0.486. The molecule has 10 heteroatoms. The third-order valence-corrected chi connectivity index (χ3v) is 6.37. The lowest BCUT2D eigenvalue weighted by atomic mass is 9.80. The number of hydrogen-bond donors (Lipinski definition) is 1. The molecule has 1 atom stereocenters. The number of esters is 1. The second kappa shape index (κ2) is 10.3. The third-order valence-electron chi connectivity index (χ3n) is 6.37. The standard InChI is InChI=1S/C27H29N3O7/c1-7-37-26(32)20-19(16-13-17(34-4)23(36-6)18(14-16)35-5)21-24(29(2)27(33)30(3)25(21)31)28-22(20)15-11-9-8-10-12-15/h8-14,19,28H,7H2,1-6H3. The molecule has 0 spiro atoms. The Labute approximate surface area is 213 Å². The van der Waals surface area contributed by atoms with Crippen molar-refractivity contribution in [2.45, 2.75) is 12.8 Å². The van der Waals surface area contributed by atoms with E-state index < -0.39 is 23.1 Å². The van der Waals surface area contributed by atoms with Crippen LogP contribution in [0, 0.1) is 0 Å². The van der Waals surface area contributed by atoms with E-state index in [1.165, 1.54) is 32.9 Å². The second-order valence-electron chi connectivity index (χ2n) is 8.36. The zero-order valence-electron chi connectivity index (χ0n) is 21.6. The van der Waals surface area contributed by atoms with Crippen LogP contribution < -0.4 is 30.8 Å². The molecule has 1 aliphatic heterocycles. The van der Waals surface area contributed by atoms with Crippen molar-refractivity contribution in [3.63, 3.8) is 0 Å². The molecule has 10 nitrogen and oxygen atoms in total. The Morgan fingerprint density at radius 1 is 0.946 bits per heavy atom. The molecule has 0 fully saturated rings. The van der Waals surface area contributed by atoms with E-state index in [0.717, 1.165) is 4.57 Å². The predicted octanol–water partition coefficient (Wildman–Crippen LogP) is 2.64. The highest BCUT2D eigenvalue weighted by molar-refractivity contribution is 6.04. The van der Waals surface area contributed by atoms with Crippen LogP contribution in [0.2, 0.25) is 0 Å². The van der Waals surface area contributed by atoms with Crippen LogP contribution in [-0.4, -0.2) is 43.0 Å². The molecular formula is C27H29N3O7. The molecule has 0 radical (unpaired) electrons. The first-order chi connectivity index (χ1) is 17.8. The SMILES string of the molecule is CCOC(=O)C1=C(c2ccccc2)Nc2c(c(=O)n(C)c(=O)n2C)C1c1cc(OC)c(OC)c(OC)c1. The van der Waals surface area contributed by atoms with E-state index in [9.17, 15) is 14.4 Å². The lowest BCUT2D eigenvalue weighted by Crippen LogP contribution is -2.43. The molecule has 0 amide bonds. The van der Waals surface area contributed by atoms with Crippen molar-refractivity contribution in [2.24, 2.45) is 14.1 Å². The fraction of sp³-hybridized carbons (Fsp3) is 0.296. The minimum Gasteiger partial charge on any atom is -0.493 e. The van der Waals surface area contributed by atoms with Gasteiger partial charge < -0.3 is 24.3 Å². The lowest BCUT2D eigenvalue weighted by molar-refractivity contribution is -0.138. The van der Waals surface area contributed by atoms with Crippen LogP contribution in [0.15, 0.2) is 57.6 Å². The van der Waals surface area contributed by atoms with Gasteiger partial charge in [-0.15, -0.1) is 0 Å². The van der Waals surface area contributed by atoms with E-state index in [2.05, 4.69) is 5.32 Å². The van der Waals surface area contributed by atoms with Gasteiger partial charge in [-0.05, 0) is 30.2 Å². The number of benzene rings is 2. The second-order valence-corrected chi connectivity index (χ2v) is 8.36. The maximum absolute atomic E-state index is 13.6. The monoisotopic (exact) mass is 507 g/mol. The molecule has 1 N–H and O–H groups in total. The van der Waals surface area contributed by atoms with Crippen molar-refractivity contribution in [1.29, 1.82) is 0 Å². The highest BCUT2D eigenvalue weighted by Crippen LogP contribution is 2.47. The van der Waals surface area contributed by atoms with Gasteiger partial charge in [0.25, 0.3) is 5.56 Å². The first kappa shape index (κ1) is 25.6. The van der Waals surface area contributed by atoms with Crippen LogP contribution in [0.5, 0.6) is 17.2 Å². The number of methoxy groups -OCH3 is 3. The van der Waals surface area contributed by atoms with Crippen molar-refractivity contribution >= 4 is 17.5 Å². The van der Waals surface area contributed by atoms with Gasteiger partial charge >= 0.3 is 11.7 Å². The summed E-state index contributed by atoms with van der Waals surface area (Å²) in [4.78, 5) is 40.1. The molecule has 1 unspecified atom stereocenters. The Morgan fingerprint density at radius 2 is 1.57 bits per heavy atom. The van der Waals surface area contributed by atoms with Gasteiger partial charge in [-0.2, -0.15) is 0 Å². The summed E-state index contributed by atoms with van der Waals surface area (Å²) >= 11 is 0. The number of ether oxygens (including phenoxy) is 4. The largest absolute Gasteiger partial charge is 0.493 e. The van der Waals surface area contributed by atoms with Crippen molar-refractivity contribution in [3.05, 3.63) is 85.6 Å². The number of carbonyl (C=O) groups excluding carboxylic acids is 1. The van der Waals surface area contributed by atoms with Gasteiger partial charge in [0.1, 0.15) is 5.82 Å². The number of anilines is 1. The van der Waals surface area contributed by atoms with Crippen molar-refractivity contribution in [2.75, 3.05) is 33.3 Å². The summed E-state index contributed by atoms with van der Waals surface area (Å²) in [5.74, 6) is -0.190. The molecule has 1 aromatic heterocycles. The Kier molecular flexibility index (Phi) is 7.10. The maximum Gasteiger partial charge on any atom is 0.337 e. The van der Waals surface area contributed by atoms with Crippen molar-refractivity contribution in [1.82, 2.24) is 9.13 Å². The number of rotatable bonds is 7. The summed E-state index contributed by atoms with van der Waals surface area (Å²) in [5, 5.41) is 3.20. The molecule has 0 bridgehead atoms. The van der Waals surface area contributed by atoms with E-state index in [4.69, 9.17) is 18.9 Å². The summed E-state index contributed by atoms with van der Waals surface area (Å²) in [6.45, 7) is 1.84. The van der Waals surface area contributed by atoms with E-state index in [1.807, 2.05) is 30.3 Å². The van der Waals surface area contributed by atoms with Crippen LogP contribution in [0.1, 0.15) is 29.5 Å². The fourth-order valence-electron chi connectivity index (χ4n) is 4.62. The van der Waals surface area contributed by atoms with Gasteiger partial charge in [-0.25, -0.2) is 9.59 Å². The van der Waals surface area contributed by atoms with Crippen LogP contribution in [-0.2, 0) is 23.6 Å². The smallest absolute Gasteiger partial charge is 0.337 e. The maximum atomic E-state index is 13.6. The summed E-state index contributed by atoms with van der Waals surface area (Å²) in [7, 11) is 7.42. The summed E-state index contributed by atoms with van der Waals surface area (Å²) < 4.78 is 24.4. The third kappa shape index (κ3) is 4.24. The van der Waals surface area contributed by atoms with Crippen molar-refractivity contribution < 1.29 is 23.7 Å². The molecule has 1 aliphatic rings. The normalized spacial score (nSPS) is 14.5. The first-order valence-electron chi connectivity index (χ1n) is 11.6. The van der Waals surface area contributed by atoms with Gasteiger partial charge in [-0.1, -0.05) is 30.3 Å². The fourth-order valence-corrected chi connectivity index (χ4v) is 4.62. The Hall–Kier alpha value is -4.47. The van der Waals surface area contributed by atoms with Gasteiger partial charge in [0.2, 0.25) is 5.75 Å². The average molecular weight is 508 g/mol. The van der Waals surface area contributed by atoms with Crippen LogP contribution in [0.25, 0.3) is 5.70 Å².